The largest absolute Gasteiger partial charge is 0.301 e. The number of fused-ring (bicyclic) bond motifs is 2. The lowest BCUT2D eigenvalue weighted by molar-refractivity contribution is 0.0655. The van der Waals surface area contributed by atoms with E-state index in [1.807, 2.05) is 0 Å². The van der Waals surface area contributed by atoms with Gasteiger partial charge >= 0.3 is 0 Å². The third-order valence-electron chi connectivity index (χ3n) is 4.81. The molecule has 2 amide bonds. The zero-order valence-corrected chi connectivity index (χ0v) is 15.1. The standard InChI is InChI=1S/C19H19N3O3S/c23-16-14-8-3-4-9-15(14)20-19(21-16)26-11-5-10-22-17(24)12-6-1-2-7-13(12)18(22)25/h1-2,6-7H,3-5,8-11H2,(H,20,21,23). The van der Waals surface area contributed by atoms with E-state index in [1.165, 1.54) is 16.7 Å². The number of aryl methyl sites for hydroxylation is 1. The fourth-order valence-electron chi connectivity index (χ4n) is 3.48. The smallest absolute Gasteiger partial charge is 0.261 e. The van der Waals surface area contributed by atoms with Crippen molar-refractivity contribution in [3.63, 3.8) is 0 Å². The quantitative estimate of drug-likeness (QED) is 0.379. The van der Waals surface area contributed by atoms with Crippen LogP contribution in [0.25, 0.3) is 0 Å². The van der Waals surface area contributed by atoms with E-state index in [2.05, 4.69) is 9.97 Å². The summed E-state index contributed by atoms with van der Waals surface area (Å²) in [4.78, 5) is 45.5. The molecule has 0 saturated carbocycles. The lowest BCUT2D eigenvalue weighted by Crippen LogP contribution is -2.31. The van der Waals surface area contributed by atoms with Gasteiger partial charge in [-0.2, -0.15) is 0 Å². The minimum Gasteiger partial charge on any atom is -0.301 e. The van der Waals surface area contributed by atoms with E-state index in [9.17, 15) is 14.4 Å². The number of aromatic amines is 1. The van der Waals surface area contributed by atoms with E-state index in [1.54, 1.807) is 24.3 Å². The van der Waals surface area contributed by atoms with E-state index in [0.717, 1.165) is 36.9 Å². The number of amides is 2. The summed E-state index contributed by atoms with van der Waals surface area (Å²) in [6.45, 7) is 0.370. The number of carbonyl (C=O) groups excluding carboxylic acids is 2. The highest BCUT2D eigenvalue weighted by Gasteiger charge is 2.34. The molecule has 0 radical (unpaired) electrons. The van der Waals surface area contributed by atoms with Gasteiger partial charge in [-0.25, -0.2) is 4.98 Å². The van der Waals surface area contributed by atoms with Gasteiger partial charge in [-0.15, -0.1) is 0 Å². The van der Waals surface area contributed by atoms with Gasteiger partial charge in [0.15, 0.2) is 5.16 Å². The number of hydrogen-bond donors (Lipinski definition) is 1. The van der Waals surface area contributed by atoms with Crippen molar-refractivity contribution in [2.45, 2.75) is 37.3 Å². The Morgan fingerprint density at radius 1 is 1.04 bits per heavy atom. The van der Waals surface area contributed by atoms with Crippen LogP contribution >= 0.6 is 11.8 Å². The van der Waals surface area contributed by atoms with Crippen molar-refractivity contribution < 1.29 is 9.59 Å². The molecule has 4 rings (SSSR count). The highest BCUT2D eigenvalue weighted by Crippen LogP contribution is 2.24. The van der Waals surface area contributed by atoms with Crippen molar-refractivity contribution in [2.75, 3.05) is 12.3 Å². The molecule has 2 heterocycles. The molecule has 1 aromatic carbocycles. The topological polar surface area (TPSA) is 83.1 Å². The van der Waals surface area contributed by atoms with Gasteiger partial charge in [-0.3, -0.25) is 19.3 Å². The van der Waals surface area contributed by atoms with Gasteiger partial charge in [0.05, 0.1) is 16.8 Å². The highest BCUT2D eigenvalue weighted by atomic mass is 32.2. The number of hydrogen-bond acceptors (Lipinski definition) is 5. The Bertz CT molecular complexity index is 903. The average molecular weight is 369 g/mol. The Morgan fingerprint density at radius 3 is 2.46 bits per heavy atom. The van der Waals surface area contributed by atoms with E-state index < -0.39 is 0 Å². The van der Waals surface area contributed by atoms with Crippen LogP contribution in [-0.4, -0.2) is 39.0 Å². The second-order valence-electron chi connectivity index (χ2n) is 6.51. The average Bonchev–Trinajstić information content (AvgIpc) is 2.90. The Hall–Kier alpha value is -2.41. The van der Waals surface area contributed by atoms with E-state index >= 15 is 0 Å². The molecule has 0 bridgehead atoms. The fourth-order valence-corrected chi connectivity index (χ4v) is 4.29. The Kier molecular flexibility index (Phi) is 4.63. The van der Waals surface area contributed by atoms with Crippen LogP contribution in [0.4, 0.5) is 0 Å². The molecule has 0 spiro atoms. The third-order valence-corrected chi connectivity index (χ3v) is 5.77. The third kappa shape index (κ3) is 3.07. The maximum absolute atomic E-state index is 12.3. The fraction of sp³-hybridized carbons (Fsp3) is 0.368. The Morgan fingerprint density at radius 2 is 1.73 bits per heavy atom. The number of aromatic nitrogens is 2. The van der Waals surface area contributed by atoms with E-state index in [-0.39, 0.29) is 17.4 Å². The molecule has 0 fully saturated rings. The minimum atomic E-state index is -0.226. The van der Waals surface area contributed by atoms with Crippen LogP contribution < -0.4 is 5.56 Å². The van der Waals surface area contributed by atoms with E-state index in [4.69, 9.17) is 0 Å². The molecule has 1 aliphatic carbocycles. The minimum absolute atomic E-state index is 0.0300. The summed E-state index contributed by atoms with van der Waals surface area (Å²) in [7, 11) is 0. The van der Waals surface area contributed by atoms with E-state index in [0.29, 0.717) is 35.0 Å². The molecule has 1 N–H and O–H groups in total. The number of nitrogens with zero attached hydrogens (tertiary/aromatic N) is 2. The predicted molar refractivity (Wildman–Crippen MR) is 98.6 cm³/mol. The summed E-state index contributed by atoms with van der Waals surface area (Å²) in [5.74, 6) is 0.224. The molecular formula is C19H19N3O3S. The van der Waals surface area contributed by atoms with Crippen molar-refractivity contribution >= 4 is 23.6 Å². The molecule has 0 saturated heterocycles. The normalized spacial score (nSPS) is 15.9. The zero-order chi connectivity index (χ0) is 18.1. The number of carbonyl (C=O) groups is 2. The molecule has 1 aliphatic heterocycles. The van der Waals surface area contributed by atoms with Crippen molar-refractivity contribution in [1.82, 2.24) is 14.9 Å². The van der Waals surface area contributed by atoms with Crippen molar-refractivity contribution in [2.24, 2.45) is 0 Å². The van der Waals surface area contributed by atoms with Crippen molar-refractivity contribution in [1.29, 1.82) is 0 Å². The molecule has 2 aliphatic rings. The Labute approximate surface area is 155 Å². The van der Waals surface area contributed by atoms with Crippen LogP contribution in [0.5, 0.6) is 0 Å². The van der Waals surface area contributed by atoms with Gasteiger partial charge in [0, 0.05) is 17.9 Å². The lowest BCUT2D eigenvalue weighted by Gasteiger charge is -2.15. The highest BCUT2D eigenvalue weighted by molar-refractivity contribution is 7.99. The molecule has 26 heavy (non-hydrogen) atoms. The van der Waals surface area contributed by atoms with Crippen LogP contribution in [0.2, 0.25) is 0 Å². The molecule has 7 heteroatoms. The summed E-state index contributed by atoms with van der Waals surface area (Å²) < 4.78 is 0. The number of benzene rings is 1. The molecule has 0 atom stereocenters. The monoisotopic (exact) mass is 369 g/mol. The first-order valence-electron chi connectivity index (χ1n) is 8.85. The van der Waals surface area contributed by atoms with Gasteiger partial charge in [0.25, 0.3) is 17.4 Å². The van der Waals surface area contributed by atoms with Crippen molar-refractivity contribution in [3.05, 3.63) is 57.0 Å². The first kappa shape index (κ1) is 17.0. The summed E-state index contributed by atoms with van der Waals surface area (Å²) in [5, 5.41) is 0.623. The maximum atomic E-state index is 12.3. The van der Waals surface area contributed by atoms with Crippen LogP contribution in [0.15, 0.2) is 34.2 Å². The molecule has 1 aromatic heterocycles. The summed E-state index contributed by atoms with van der Waals surface area (Å²) >= 11 is 1.46. The van der Waals surface area contributed by atoms with Gasteiger partial charge < -0.3 is 4.98 Å². The molecule has 2 aromatic rings. The first-order valence-corrected chi connectivity index (χ1v) is 9.84. The van der Waals surface area contributed by atoms with Crippen LogP contribution in [-0.2, 0) is 12.8 Å². The number of rotatable bonds is 5. The van der Waals surface area contributed by atoms with Crippen LogP contribution in [0.1, 0.15) is 51.2 Å². The summed E-state index contributed by atoms with van der Waals surface area (Å²) in [6.07, 6.45) is 4.44. The summed E-state index contributed by atoms with van der Waals surface area (Å²) in [5.41, 5.74) is 2.67. The number of imide groups is 1. The first-order chi connectivity index (χ1) is 12.6. The van der Waals surface area contributed by atoms with Gasteiger partial charge in [-0.1, -0.05) is 23.9 Å². The van der Waals surface area contributed by atoms with Gasteiger partial charge in [-0.05, 0) is 44.2 Å². The van der Waals surface area contributed by atoms with Gasteiger partial charge in [0.1, 0.15) is 0 Å². The number of nitrogens with one attached hydrogen (secondary N) is 1. The molecule has 0 unspecified atom stereocenters. The second-order valence-corrected chi connectivity index (χ2v) is 7.60. The van der Waals surface area contributed by atoms with Crippen molar-refractivity contribution in [3.8, 4) is 0 Å². The molecule has 134 valence electrons. The zero-order valence-electron chi connectivity index (χ0n) is 14.3. The number of H-pyrrole nitrogens is 1. The SMILES string of the molecule is O=C1c2ccccc2C(=O)N1CCCSc1nc2c(c(=O)[nH]1)CCCC2. The molecular weight excluding hydrogens is 350 g/mol. The van der Waals surface area contributed by atoms with Crippen LogP contribution in [0.3, 0.4) is 0 Å². The molecule has 6 nitrogen and oxygen atoms in total. The summed E-state index contributed by atoms with van der Waals surface area (Å²) in [6, 6.07) is 6.90. The lowest BCUT2D eigenvalue weighted by atomic mass is 9.97. The Balaban J connectivity index is 1.35. The van der Waals surface area contributed by atoms with Crippen LogP contribution in [0, 0.1) is 0 Å². The predicted octanol–water partition coefficient (Wildman–Crippen LogP) is 2.43. The maximum Gasteiger partial charge on any atom is 0.261 e. The van der Waals surface area contributed by atoms with Gasteiger partial charge in [0.2, 0.25) is 0 Å². The number of thioether (sulfide) groups is 1. The second kappa shape index (κ2) is 7.07.